The Kier molecular flexibility index (Phi) is 4.55. The van der Waals surface area contributed by atoms with Crippen LogP contribution in [0.1, 0.15) is 16.7 Å². The summed E-state index contributed by atoms with van der Waals surface area (Å²) < 4.78 is 40.6. The number of benzene rings is 2. The van der Waals surface area contributed by atoms with Gasteiger partial charge in [-0.1, -0.05) is 48.5 Å². The Morgan fingerprint density at radius 1 is 0.929 bits per heavy atom. The second kappa shape index (κ2) is 7.03. The molecule has 0 aliphatic carbocycles. The maximum atomic E-state index is 12.9. The van der Waals surface area contributed by atoms with Gasteiger partial charge in [0, 0.05) is 18.3 Å². The fourth-order valence-corrected chi connectivity index (χ4v) is 3.17. The van der Waals surface area contributed by atoms with E-state index < -0.39 is 11.7 Å². The number of aryl methyl sites for hydroxylation is 1. The standard InChI is InChI=1S/C22H18F3N3/c1-15-6-5-13-28-20(15)27-19(17-9-11-18(12-10-17)22(23,24)25)21(28)26-14-16-7-3-2-4-8-16/h2-13,26H,14H2,1H3. The van der Waals surface area contributed by atoms with E-state index in [1.165, 1.54) is 12.1 Å². The number of rotatable bonds is 4. The van der Waals surface area contributed by atoms with E-state index in [0.29, 0.717) is 17.8 Å². The molecule has 4 rings (SSSR count). The van der Waals surface area contributed by atoms with E-state index in [9.17, 15) is 13.2 Å². The summed E-state index contributed by atoms with van der Waals surface area (Å²) in [6.07, 6.45) is -2.46. The highest BCUT2D eigenvalue weighted by molar-refractivity contribution is 5.77. The Morgan fingerprint density at radius 2 is 1.64 bits per heavy atom. The number of fused-ring (bicyclic) bond motifs is 1. The lowest BCUT2D eigenvalue weighted by Crippen LogP contribution is -2.05. The molecule has 0 radical (unpaired) electrons. The van der Waals surface area contributed by atoms with Crippen LogP contribution in [-0.2, 0) is 12.7 Å². The quantitative estimate of drug-likeness (QED) is 0.474. The molecule has 142 valence electrons. The molecule has 0 aliphatic heterocycles. The van der Waals surface area contributed by atoms with E-state index in [0.717, 1.165) is 34.7 Å². The van der Waals surface area contributed by atoms with Gasteiger partial charge in [-0.05, 0) is 36.2 Å². The van der Waals surface area contributed by atoms with Crippen molar-refractivity contribution in [3.05, 3.63) is 89.6 Å². The van der Waals surface area contributed by atoms with Gasteiger partial charge < -0.3 is 5.32 Å². The lowest BCUT2D eigenvalue weighted by Gasteiger charge is -2.10. The van der Waals surface area contributed by atoms with Crippen LogP contribution in [0.15, 0.2) is 72.9 Å². The number of anilines is 1. The topological polar surface area (TPSA) is 29.3 Å². The summed E-state index contributed by atoms with van der Waals surface area (Å²) >= 11 is 0. The minimum atomic E-state index is -4.36. The molecule has 0 fully saturated rings. The van der Waals surface area contributed by atoms with E-state index in [4.69, 9.17) is 4.98 Å². The zero-order chi connectivity index (χ0) is 19.7. The largest absolute Gasteiger partial charge is 0.416 e. The molecule has 2 heterocycles. The molecule has 0 unspecified atom stereocenters. The number of imidazole rings is 1. The molecule has 0 bridgehead atoms. The van der Waals surface area contributed by atoms with Gasteiger partial charge in [-0.15, -0.1) is 0 Å². The number of aromatic nitrogens is 2. The summed E-state index contributed by atoms with van der Waals surface area (Å²) in [7, 11) is 0. The van der Waals surface area contributed by atoms with E-state index in [1.54, 1.807) is 0 Å². The Balaban J connectivity index is 1.77. The van der Waals surface area contributed by atoms with Crippen LogP contribution in [0.5, 0.6) is 0 Å². The van der Waals surface area contributed by atoms with Gasteiger partial charge in [-0.2, -0.15) is 13.2 Å². The predicted octanol–water partition coefficient (Wildman–Crippen LogP) is 5.94. The van der Waals surface area contributed by atoms with Gasteiger partial charge >= 0.3 is 6.18 Å². The first-order chi connectivity index (χ1) is 13.4. The lowest BCUT2D eigenvalue weighted by molar-refractivity contribution is -0.137. The third-order valence-electron chi connectivity index (χ3n) is 4.63. The zero-order valence-corrected chi connectivity index (χ0v) is 15.2. The molecule has 0 amide bonds. The van der Waals surface area contributed by atoms with Crippen molar-refractivity contribution in [1.29, 1.82) is 0 Å². The molecule has 0 saturated heterocycles. The van der Waals surface area contributed by atoms with E-state index in [1.807, 2.05) is 60.0 Å². The number of hydrogen-bond acceptors (Lipinski definition) is 2. The van der Waals surface area contributed by atoms with E-state index >= 15 is 0 Å². The molecule has 3 nitrogen and oxygen atoms in total. The molecule has 0 saturated carbocycles. The summed E-state index contributed by atoms with van der Waals surface area (Å²) in [5.41, 5.74) is 3.44. The Morgan fingerprint density at radius 3 is 2.32 bits per heavy atom. The third-order valence-corrected chi connectivity index (χ3v) is 4.63. The molecule has 1 N–H and O–H groups in total. The summed E-state index contributed by atoms with van der Waals surface area (Å²) in [5.74, 6) is 0.752. The van der Waals surface area contributed by atoms with Crippen molar-refractivity contribution in [3.8, 4) is 11.3 Å². The van der Waals surface area contributed by atoms with Gasteiger partial charge in [0.15, 0.2) is 0 Å². The Bertz CT molecular complexity index is 1100. The number of pyridine rings is 1. The van der Waals surface area contributed by atoms with Gasteiger partial charge in [-0.3, -0.25) is 4.40 Å². The second-order valence-corrected chi connectivity index (χ2v) is 6.61. The molecular weight excluding hydrogens is 363 g/mol. The predicted molar refractivity (Wildman–Crippen MR) is 104 cm³/mol. The van der Waals surface area contributed by atoms with Crippen molar-refractivity contribution in [2.45, 2.75) is 19.6 Å². The number of nitrogens with zero attached hydrogens (tertiary/aromatic N) is 2. The summed E-state index contributed by atoms with van der Waals surface area (Å²) in [4.78, 5) is 4.71. The maximum Gasteiger partial charge on any atom is 0.416 e. The van der Waals surface area contributed by atoms with Crippen molar-refractivity contribution in [3.63, 3.8) is 0 Å². The minimum Gasteiger partial charge on any atom is -0.365 e. The number of alkyl halides is 3. The Labute approximate surface area is 160 Å². The highest BCUT2D eigenvalue weighted by atomic mass is 19.4. The van der Waals surface area contributed by atoms with Gasteiger partial charge in [0.05, 0.1) is 5.56 Å². The molecule has 28 heavy (non-hydrogen) atoms. The van der Waals surface area contributed by atoms with Gasteiger partial charge in [-0.25, -0.2) is 4.98 Å². The van der Waals surface area contributed by atoms with Crippen LogP contribution in [-0.4, -0.2) is 9.38 Å². The van der Waals surface area contributed by atoms with Crippen LogP contribution in [0.3, 0.4) is 0 Å². The van der Waals surface area contributed by atoms with E-state index in [-0.39, 0.29) is 0 Å². The fraction of sp³-hybridized carbons (Fsp3) is 0.136. The van der Waals surface area contributed by atoms with Crippen molar-refractivity contribution < 1.29 is 13.2 Å². The van der Waals surface area contributed by atoms with Gasteiger partial charge in [0.25, 0.3) is 0 Å². The highest BCUT2D eigenvalue weighted by Gasteiger charge is 2.30. The minimum absolute atomic E-state index is 0.580. The SMILES string of the molecule is Cc1cccn2c(NCc3ccccc3)c(-c3ccc(C(F)(F)F)cc3)nc12. The molecular formula is C22H18F3N3. The molecule has 2 aromatic heterocycles. The molecule has 0 atom stereocenters. The summed E-state index contributed by atoms with van der Waals surface area (Å²) in [6, 6.07) is 18.9. The summed E-state index contributed by atoms with van der Waals surface area (Å²) in [6.45, 7) is 2.54. The van der Waals surface area contributed by atoms with Crippen LogP contribution in [0.2, 0.25) is 0 Å². The van der Waals surface area contributed by atoms with Crippen LogP contribution in [0.25, 0.3) is 16.9 Å². The maximum absolute atomic E-state index is 12.9. The molecule has 0 aliphatic rings. The van der Waals surface area contributed by atoms with Crippen molar-refractivity contribution in [1.82, 2.24) is 9.38 Å². The molecule has 6 heteroatoms. The molecule has 0 spiro atoms. The zero-order valence-electron chi connectivity index (χ0n) is 15.2. The number of hydrogen-bond donors (Lipinski definition) is 1. The second-order valence-electron chi connectivity index (χ2n) is 6.61. The lowest BCUT2D eigenvalue weighted by atomic mass is 10.1. The first-order valence-electron chi connectivity index (χ1n) is 8.86. The van der Waals surface area contributed by atoms with Crippen LogP contribution in [0, 0.1) is 6.92 Å². The Hall–Kier alpha value is -3.28. The first-order valence-corrected chi connectivity index (χ1v) is 8.86. The molecule has 2 aromatic carbocycles. The number of nitrogens with one attached hydrogen (secondary N) is 1. The van der Waals surface area contributed by atoms with Crippen molar-refractivity contribution in [2.24, 2.45) is 0 Å². The van der Waals surface area contributed by atoms with Crippen molar-refractivity contribution in [2.75, 3.05) is 5.32 Å². The molecule has 4 aromatic rings. The monoisotopic (exact) mass is 381 g/mol. The van der Waals surface area contributed by atoms with Crippen LogP contribution in [0.4, 0.5) is 19.0 Å². The average molecular weight is 381 g/mol. The van der Waals surface area contributed by atoms with Gasteiger partial charge in [0.1, 0.15) is 17.2 Å². The highest BCUT2D eigenvalue weighted by Crippen LogP contribution is 2.34. The van der Waals surface area contributed by atoms with Gasteiger partial charge in [0.2, 0.25) is 0 Å². The first kappa shape index (κ1) is 18.1. The third kappa shape index (κ3) is 3.45. The summed E-state index contributed by atoms with van der Waals surface area (Å²) in [5, 5.41) is 3.40. The smallest absolute Gasteiger partial charge is 0.365 e. The average Bonchev–Trinajstić information content (AvgIpc) is 3.07. The fourth-order valence-electron chi connectivity index (χ4n) is 3.17. The number of halogens is 3. The van der Waals surface area contributed by atoms with Crippen LogP contribution >= 0.6 is 0 Å². The normalized spacial score (nSPS) is 11.7. The van der Waals surface area contributed by atoms with Crippen LogP contribution < -0.4 is 5.32 Å². The van der Waals surface area contributed by atoms with E-state index in [2.05, 4.69) is 5.32 Å². The van der Waals surface area contributed by atoms with Crippen molar-refractivity contribution >= 4 is 11.5 Å².